The minimum Gasteiger partial charge on any atom is -0.492 e. The van der Waals surface area contributed by atoms with Gasteiger partial charge in [0.2, 0.25) is 11.3 Å². The van der Waals surface area contributed by atoms with Crippen LogP contribution in [-0.2, 0) is 16.1 Å². The van der Waals surface area contributed by atoms with E-state index < -0.39 is 11.4 Å². The number of rotatable bonds is 7. The van der Waals surface area contributed by atoms with Crippen LogP contribution >= 0.6 is 0 Å². The summed E-state index contributed by atoms with van der Waals surface area (Å²) in [5.74, 6) is -0.537. The summed E-state index contributed by atoms with van der Waals surface area (Å²) in [5.41, 5.74) is 0.916. The lowest BCUT2D eigenvalue weighted by molar-refractivity contribution is -0.116. The molecule has 8 heteroatoms. The summed E-state index contributed by atoms with van der Waals surface area (Å²) >= 11 is 0. The van der Waals surface area contributed by atoms with E-state index in [2.05, 4.69) is 10.3 Å². The van der Waals surface area contributed by atoms with Crippen molar-refractivity contribution in [3.63, 3.8) is 0 Å². The van der Waals surface area contributed by atoms with Crippen LogP contribution in [0.4, 0.5) is 5.69 Å². The summed E-state index contributed by atoms with van der Waals surface area (Å²) < 4.78 is 12.0. The number of carbonyl (C=O) groups excluding carboxylic acids is 2. The lowest BCUT2D eigenvalue weighted by Gasteiger charge is -2.14. The fourth-order valence-electron chi connectivity index (χ4n) is 3.03. The number of pyridine rings is 2. The highest BCUT2D eigenvalue weighted by molar-refractivity contribution is 5.95. The average molecular weight is 409 g/mol. The van der Waals surface area contributed by atoms with Gasteiger partial charge in [0.05, 0.1) is 24.3 Å². The zero-order valence-electron chi connectivity index (χ0n) is 17.1. The van der Waals surface area contributed by atoms with Crippen molar-refractivity contribution in [3.05, 3.63) is 64.1 Å². The molecule has 3 rings (SSSR count). The molecule has 0 aliphatic heterocycles. The minimum atomic E-state index is -0.735. The molecule has 8 nitrogen and oxygen atoms in total. The topological polar surface area (TPSA) is 99.5 Å². The molecule has 0 unspecified atom stereocenters. The number of fused-ring (bicyclic) bond motifs is 1. The van der Waals surface area contributed by atoms with Crippen LogP contribution in [0.1, 0.15) is 29.9 Å². The highest BCUT2D eigenvalue weighted by atomic mass is 16.5. The predicted octanol–water partition coefficient (Wildman–Crippen LogP) is 2.92. The van der Waals surface area contributed by atoms with Gasteiger partial charge in [0.25, 0.3) is 0 Å². The monoisotopic (exact) mass is 409 g/mol. The Kier molecular flexibility index (Phi) is 6.46. The standard InChI is InChI=1S/C22H23N3O5/c1-4-29-18-9-7-6-8-17(18)24-19(26)13-25-12-16(22(28)30-5-2)20(27)15-11-10-14(3)23-21(15)25/h6-12H,4-5,13H2,1-3H3,(H,24,26). The Morgan fingerprint density at radius 2 is 1.87 bits per heavy atom. The summed E-state index contributed by atoms with van der Waals surface area (Å²) in [6.07, 6.45) is 1.32. The molecule has 0 atom stereocenters. The Bertz CT molecular complexity index is 1150. The minimum absolute atomic E-state index is 0.136. The van der Waals surface area contributed by atoms with Gasteiger partial charge in [0.15, 0.2) is 0 Å². The maximum atomic E-state index is 12.7. The van der Waals surface area contributed by atoms with Gasteiger partial charge < -0.3 is 19.4 Å². The number of amides is 1. The van der Waals surface area contributed by atoms with Crippen molar-refractivity contribution < 1.29 is 19.1 Å². The van der Waals surface area contributed by atoms with E-state index in [4.69, 9.17) is 9.47 Å². The highest BCUT2D eigenvalue weighted by Gasteiger charge is 2.19. The highest BCUT2D eigenvalue weighted by Crippen LogP contribution is 2.23. The normalized spacial score (nSPS) is 10.6. The molecule has 0 spiro atoms. The van der Waals surface area contributed by atoms with Crippen LogP contribution in [0.25, 0.3) is 11.0 Å². The third-order valence-corrected chi connectivity index (χ3v) is 4.33. The first-order valence-electron chi connectivity index (χ1n) is 9.64. The molecule has 3 aromatic rings. The van der Waals surface area contributed by atoms with Crippen LogP contribution < -0.4 is 15.5 Å². The summed E-state index contributed by atoms with van der Waals surface area (Å²) in [7, 11) is 0. The maximum absolute atomic E-state index is 12.7. The Labute approximate surface area is 173 Å². The van der Waals surface area contributed by atoms with Crippen LogP contribution in [-0.4, -0.2) is 34.6 Å². The number of aryl methyl sites for hydroxylation is 1. The number of aromatic nitrogens is 2. The Morgan fingerprint density at radius 3 is 2.60 bits per heavy atom. The van der Waals surface area contributed by atoms with Gasteiger partial charge in [0, 0.05) is 11.9 Å². The van der Waals surface area contributed by atoms with E-state index >= 15 is 0 Å². The average Bonchev–Trinajstić information content (AvgIpc) is 2.71. The summed E-state index contributed by atoms with van der Waals surface area (Å²) in [6.45, 7) is 5.74. The van der Waals surface area contributed by atoms with Crippen LogP contribution in [0.2, 0.25) is 0 Å². The lowest BCUT2D eigenvalue weighted by Crippen LogP contribution is -2.25. The summed E-state index contributed by atoms with van der Waals surface area (Å²) in [4.78, 5) is 42.1. The van der Waals surface area contributed by atoms with Gasteiger partial charge in [-0.25, -0.2) is 9.78 Å². The number of hydrogen-bond donors (Lipinski definition) is 1. The number of carbonyl (C=O) groups is 2. The van der Waals surface area contributed by atoms with Crippen LogP contribution in [0.3, 0.4) is 0 Å². The van der Waals surface area contributed by atoms with E-state index in [9.17, 15) is 14.4 Å². The number of esters is 1. The molecule has 0 bridgehead atoms. The number of nitrogens with one attached hydrogen (secondary N) is 1. The fraction of sp³-hybridized carbons (Fsp3) is 0.273. The van der Waals surface area contributed by atoms with Crippen molar-refractivity contribution in [2.45, 2.75) is 27.3 Å². The zero-order valence-corrected chi connectivity index (χ0v) is 17.1. The van der Waals surface area contributed by atoms with Gasteiger partial charge in [-0.2, -0.15) is 0 Å². The van der Waals surface area contributed by atoms with Crippen molar-refractivity contribution in [1.29, 1.82) is 0 Å². The number of benzene rings is 1. The van der Waals surface area contributed by atoms with Gasteiger partial charge in [-0.15, -0.1) is 0 Å². The molecule has 0 saturated heterocycles. The molecule has 1 amide bonds. The first-order valence-corrected chi connectivity index (χ1v) is 9.64. The Morgan fingerprint density at radius 1 is 1.10 bits per heavy atom. The number of ether oxygens (including phenoxy) is 2. The van der Waals surface area contributed by atoms with Gasteiger partial charge >= 0.3 is 5.97 Å². The van der Waals surface area contributed by atoms with Crippen LogP contribution in [0.5, 0.6) is 5.75 Å². The van der Waals surface area contributed by atoms with Crippen molar-refractivity contribution in [2.24, 2.45) is 0 Å². The smallest absolute Gasteiger partial charge is 0.343 e. The molecular formula is C22H23N3O5. The van der Waals surface area contributed by atoms with E-state index in [1.807, 2.05) is 13.0 Å². The zero-order chi connectivity index (χ0) is 21.7. The number of hydrogen-bond acceptors (Lipinski definition) is 6. The third-order valence-electron chi connectivity index (χ3n) is 4.33. The second-order valence-electron chi connectivity index (χ2n) is 6.52. The molecular weight excluding hydrogens is 386 g/mol. The Balaban J connectivity index is 1.99. The molecule has 30 heavy (non-hydrogen) atoms. The lowest BCUT2D eigenvalue weighted by atomic mass is 10.2. The first kappa shape index (κ1) is 21.0. The van der Waals surface area contributed by atoms with Crippen molar-refractivity contribution in [2.75, 3.05) is 18.5 Å². The van der Waals surface area contributed by atoms with Crippen molar-refractivity contribution >= 4 is 28.6 Å². The van der Waals surface area contributed by atoms with E-state index in [1.165, 1.54) is 10.8 Å². The fourth-order valence-corrected chi connectivity index (χ4v) is 3.03. The SMILES string of the molecule is CCOC(=O)c1cn(CC(=O)Nc2ccccc2OCC)c2nc(C)ccc2c1=O. The van der Waals surface area contributed by atoms with Crippen LogP contribution in [0, 0.1) is 6.92 Å². The van der Waals surface area contributed by atoms with Crippen LogP contribution in [0.15, 0.2) is 47.4 Å². The van der Waals surface area contributed by atoms with Gasteiger partial charge in [-0.1, -0.05) is 12.1 Å². The number of anilines is 1. The molecule has 0 aliphatic rings. The molecule has 2 heterocycles. The third kappa shape index (κ3) is 4.48. The number of nitrogens with zero attached hydrogens (tertiary/aromatic N) is 2. The van der Waals surface area contributed by atoms with E-state index in [1.54, 1.807) is 44.2 Å². The van der Waals surface area contributed by atoms with Gasteiger partial charge in [-0.05, 0) is 45.0 Å². The molecule has 0 radical (unpaired) electrons. The molecule has 1 N–H and O–H groups in total. The second kappa shape index (κ2) is 9.21. The maximum Gasteiger partial charge on any atom is 0.343 e. The van der Waals surface area contributed by atoms with Gasteiger partial charge in [-0.3, -0.25) is 9.59 Å². The molecule has 2 aromatic heterocycles. The molecule has 156 valence electrons. The molecule has 1 aromatic carbocycles. The molecule has 0 aliphatic carbocycles. The largest absolute Gasteiger partial charge is 0.492 e. The van der Waals surface area contributed by atoms with Gasteiger partial charge in [0.1, 0.15) is 23.5 Å². The number of para-hydroxylation sites is 2. The first-order chi connectivity index (χ1) is 14.4. The van der Waals surface area contributed by atoms with Crippen molar-refractivity contribution in [3.8, 4) is 5.75 Å². The van der Waals surface area contributed by atoms with Crippen molar-refractivity contribution in [1.82, 2.24) is 9.55 Å². The molecule has 0 saturated carbocycles. The predicted molar refractivity (Wildman–Crippen MR) is 113 cm³/mol. The quantitative estimate of drug-likeness (QED) is 0.603. The molecule has 0 fully saturated rings. The van der Waals surface area contributed by atoms with E-state index in [0.29, 0.717) is 29.4 Å². The summed E-state index contributed by atoms with van der Waals surface area (Å²) in [6, 6.07) is 10.4. The summed E-state index contributed by atoms with van der Waals surface area (Å²) in [5, 5.41) is 3.05. The van der Waals surface area contributed by atoms with E-state index in [-0.39, 0.29) is 30.0 Å². The second-order valence-corrected chi connectivity index (χ2v) is 6.52. The Hall–Kier alpha value is -3.68. The van der Waals surface area contributed by atoms with E-state index in [0.717, 1.165) is 0 Å².